The molecule has 1 heterocycles. The van der Waals surface area contributed by atoms with Crippen molar-refractivity contribution in [2.75, 3.05) is 19.9 Å². The van der Waals surface area contributed by atoms with Crippen molar-refractivity contribution >= 4 is 17.7 Å². The fourth-order valence-corrected chi connectivity index (χ4v) is 2.61. The van der Waals surface area contributed by atoms with Gasteiger partial charge < -0.3 is 10.1 Å². The lowest BCUT2D eigenvalue weighted by molar-refractivity contribution is -0.148. The van der Waals surface area contributed by atoms with E-state index in [1.165, 1.54) is 7.11 Å². The van der Waals surface area contributed by atoms with Crippen molar-refractivity contribution in [3.63, 3.8) is 0 Å². The molecule has 4 nitrogen and oxygen atoms in total. The largest absolute Gasteiger partial charge is 0.468 e. The van der Waals surface area contributed by atoms with Crippen LogP contribution in [0.5, 0.6) is 0 Å². The number of unbranched alkanes of at least 4 members (excludes halogenated alkanes) is 1. The molecule has 106 valence electrons. The summed E-state index contributed by atoms with van der Waals surface area (Å²) in [5, 5.41) is 4.09. The quantitative estimate of drug-likeness (QED) is 0.451. The molecule has 0 bridgehead atoms. The third-order valence-corrected chi connectivity index (χ3v) is 4.18. The van der Waals surface area contributed by atoms with Crippen molar-refractivity contribution in [1.29, 1.82) is 0 Å². The van der Waals surface area contributed by atoms with Crippen LogP contribution >= 0.6 is 11.8 Å². The molecular formula is C14H22N2O2S. The average molecular weight is 282 g/mol. The van der Waals surface area contributed by atoms with Gasteiger partial charge in [-0.2, -0.15) is 0 Å². The Bertz CT molecular complexity index is 386. The van der Waals surface area contributed by atoms with E-state index in [-0.39, 0.29) is 5.97 Å². The Balaban J connectivity index is 2.25. The number of esters is 1. The Morgan fingerprint density at radius 3 is 2.84 bits per heavy atom. The van der Waals surface area contributed by atoms with Crippen LogP contribution < -0.4 is 5.32 Å². The third-order valence-electron chi connectivity index (χ3n) is 3.15. The second-order valence-corrected chi connectivity index (χ2v) is 5.66. The van der Waals surface area contributed by atoms with Gasteiger partial charge in [-0.1, -0.05) is 12.5 Å². The lowest BCUT2D eigenvalue weighted by atomic mass is 9.95. The van der Waals surface area contributed by atoms with E-state index in [2.05, 4.69) is 10.3 Å². The Morgan fingerprint density at radius 1 is 1.47 bits per heavy atom. The number of ether oxygens (including phenoxy) is 1. The van der Waals surface area contributed by atoms with Gasteiger partial charge in [-0.05, 0) is 44.7 Å². The van der Waals surface area contributed by atoms with Crippen molar-refractivity contribution < 1.29 is 9.53 Å². The van der Waals surface area contributed by atoms with E-state index in [9.17, 15) is 4.79 Å². The maximum Gasteiger partial charge on any atom is 0.325 e. The first-order chi connectivity index (χ1) is 9.12. The van der Waals surface area contributed by atoms with Crippen LogP contribution in [0.4, 0.5) is 0 Å². The van der Waals surface area contributed by atoms with Crippen molar-refractivity contribution in [3.05, 3.63) is 24.4 Å². The number of carbonyl (C=O) groups excluding carboxylic acids is 1. The lowest BCUT2D eigenvalue weighted by Gasteiger charge is -2.25. The monoisotopic (exact) mass is 282 g/mol. The van der Waals surface area contributed by atoms with Gasteiger partial charge >= 0.3 is 5.97 Å². The van der Waals surface area contributed by atoms with Crippen LogP contribution in [-0.2, 0) is 9.53 Å². The summed E-state index contributed by atoms with van der Waals surface area (Å²) >= 11 is 1.75. The Morgan fingerprint density at radius 2 is 2.26 bits per heavy atom. The molecule has 1 N–H and O–H groups in total. The molecule has 0 aliphatic heterocycles. The molecular weight excluding hydrogens is 260 g/mol. The summed E-state index contributed by atoms with van der Waals surface area (Å²) in [7, 11) is 3.22. The molecule has 1 aromatic heterocycles. The van der Waals surface area contributed by atoms with E-state index in [1.807, 2.05) is 25.1 Å². The Kier molecular flexibility index (Phi) is 6.87. The van der Waals surface area contributed by atoms with Crippen LogP contribution in [0.25, 0.3) is 0 Å². The molecule has 5 heteroatoms. The maximum atomic E-state index is 11.7. The van der Waals surface area contributed by atoms with Gasteiger partial charge in [-0.3, -0.25) is 4.79 Å². The predicted molar refractivity (Wildman–Crippen MR) is 78.3 cm³/mol. The first kappa shape index (κ1) is 16.0. The number of hydrogen-bond acceptors (Lipinski definition) is 5. The molecule has 19 heavy (non-hydrogen) atoms. The molecule has 1 atom stereocenters. The molecule has 0 saturated carbocycles. The van der Waals surface area contributed by atoms with Gasteiger partial charge in [0.15, 0.2) is 0 Å². The number of methoxy groups -OCH3 is 1. The number of nitrogens with one attached hydrogen (secondary N) is 1. The van der Waals surface area contributed by atoms with E-state index in [4.69, 9.17) is 4.74 Å². The van der Waals surface area contributed by atoms with Gasteiger partial charge in [-0.25, -0.2) is 4.98 Å². The maximum absolute atomic E-state index is 11.7. The van der Waals surface area contributed by atoms with Crippen LogP contribution in [0.15, 0.2) is 29.4 Å². The summed E-state index contributed by atoms with van der Waals surface area (Å²) in [5.41, 5.74) is -0.579. The van der Waals surface area contributed by atoms with Crippen LogP contribution in [0, 0.1) is 0 Å². The van der Waals surface area contributed by atoms with Gasteiger partial charge in [0, 0.05) is 6.20 Å². The highest BCUT2D eigenvalue weighted by atomic mass is 32.2. The third kappa shape index (κ3) is 5.20. The summed E-state index contributed by atoms with van der Waals surface area (Å²) in [6, 6.07) is 5.92. The topological polar surface area (TPSA) is 51.2 Å². The molecule has 0 fully saturated rings. The van der Waals surface area contributed by atoms with Gasteiger partial charge in [0.2, 0.25) is 0 Å². The molecule has 1 rings (SSSR count). The second kappa shape index (κ2) is 8.17. The van der Waals surface area contributed by atoms with Crippen LogP contribution in [0.3, 0.4) is 0 Å². The van der Waals surface area contributed by atoms with E-state index < -0.39 is 5.54 Å². The number of aromatic nitrogens is 1. The number of likely N-dealkylation sites (N-methyl/N-ethyl adjacent to an activating group) is 1. The fraction of sp³-hybridized carbons (Fsp3) is 0.571. The van der Waals surface area contributed by atoms with E-state index in [0.717, 1.165) is 30.0 Å². The minimum absolute atomic E-state index is 0.202. The first-order valence-electron chi connectivity index (χ1n) is 6.43. The van der Waals surface area contributed by atoms with E-state index >= 15 is 0 Å². The molecule has 1 aromatic rings. The minimum atomic E-state index is -0.579. The zero-order valence-corrected chi connectivity index (χ0v) is 12.6. The Labute approximate surface area is 119 Å². The van der Waals surface area contributed by atoms with Crippen molar-refractivity contribution in [3.8, 4) is 0 Å². The summed E-state index contributed by atoms with van der Waals surface area (Å²) in [4.78, 5) is 15.9. The predicted octanol–water partition coefficient (Wildman–Crippen LogP) is 2.50. The number of carbonyl (C=O) groups is 1. The average Bonchev–Trinajstić information content (AvgIpc) is 2.46. The standard InChI is InChI=1S/C14H22N2O2S/c1-14(15-2,13(17)18-3)9-5-7-11-19-12-8-4-6-10-16-12/h4,6,8,10,15H,5,7,9,11H2,1-3H3. The molecule has 0 amide bonds. The smallest absolute Gasteiger partial charge is 0.325 e. The Hall–Kier alpha value is -1.07. The lowest BCUT2D eigenvalue weighted by Crippen LogP contribution is -2.48. The minimum Gasteiger partial charge on any atom is -0.468 e. The summed E-state index contributed by atoms with van der Waals surface area (Å²) < 4.78 is 4.82. The SMILES string of the molecule is CNC(C)(CCCCSc1ccccn1)C(=O)OC. The van der Waals surface area contributed by atoms with E-state index in [0.29, 0.717) is 0 Å². The summed E-state index contributed by atoms with van der Waals surface area (Å²) in [6.45, 7) is 1.88. The molecule has 0 saturated heterocycles. The molecule has 0 aliphatic carbocycles. The van der Waals surface area contributed by atoms with Gasteiger partial charge in [0.05, 0.1) is 12.1 Å². The highest BCUT2D eigenvalue weighted by Gasteiger charge is 2.31. The fourth-order valence-electron chi connectivity index (χ4n) is 1.74. The number of hydrogen-bond donors (Lipinski definition) is 1. The molecule has 0 aromatic carbocycles. The molecule has 0 spiro atoms. The van der Waals surface area contributed by atoms with Crippen LogP contribution in [-0.4, -0.2) is 36.4 Å². The van der Waals surface area contributed by atoms with Crippen molar-refractivity contribution in [2.45, 2.75) is 36.8 Å². The molecule has 0 radical (unpaired) electrons. The van der Waals surface area contributed by atoms with Crippen LogP contribution in [0.2, 0.25) is 0 Å². The summed E-state index contributed by atoms with van der Waals surface area (Å²) in [6.07, 6.45) is 4.61. The highest BCUT2D eigenvalue weighted by Crippen LogP contribution is 2.19. The zero-order chi connectivity index (χ0) is 14.1. The highest BCUT2D eigenvalue weighted by molar-refractivity contribution is 7.99. The molecule has 1 unspecified atom stereocenters. The summed E-state index contributed by atoms with van der Waals surface area (Å²) in [5.74, 6) is 0.810. The second-order valence-electron chi connectivity index (χ2n) is 4.55. The van der Waals surface area contributed by atoms with Crippen molar-refractivity contribution in [2.24, 2.45) is 0 Å². The van der Waals surface area contributed by atoms with Gasteiger partial charge in [0.25, 0.3) is 0 Å². The normalized spacial score (nSPS) is 13.8. The van der Waals surface area contributed by atoms with E-state index in [1.54, 1.807) is 25.0 Å². The van der Waals surface area contributed by atoms with Gasteiger partial charge in [-0.15, -0.1) is 11.8 Å². The van der Waals surface area contributed by atoms with Crippen molar-refractivity contribution in [1.82, 2.24) is 10.3 Å². The number of pyridine rings is 1. The number of rotatable bonds is 8. The molecule has 0 aliphatic rings. The zero-order valence-electron chi connectivity index (χ0n) is 11.8. The van der Waals surface area contributed by atoms with Crippen LogP contribution in [0.1, 0.15) is 26.2 Å². The number of thioether (sulfide) groups is 1. The first-order valence-corrected chi connectivity index (χ1v) is 7.42. The van der Waals surface area contributed by atoms with Gasteiger partial charge in [0.1, 0.15) is 5.54 Å². The number of nitrogens with zero attached hydrogens (tertiary/aromatic N) is 1.